The van der Waals surface area contributed by atoms with Crippen LogP contribution in [0, 0.1) is 12.7 Å². The molecule has 0 spiro atoms. The van der Waals surface area contributed by atoms with Crippen molar-refractivity contribution >= 4 is 23.6 Å². The number of aryl methyl sites for hydroxylation is 1. The summed E-state index contributed by atoms with van der Waals surface area (Å²) in [5.41, 5.74) is 1.46. The van der Waals surface area contributed by atoms with E-state index in [1.54, 1.807) is 18.5 Å². The molecule has 140 valence electrons. The summed E-state index contributed by atoms with van der Waals surface area (Å²) in [6.07, 6.45) is -2.75. The predicted molar refractivity (Wildman–Crippen MR) is 96.9 cm³/mol. The average molecular weight is 387 g/mol. The first-order valence-corrected chi connectivity index (χ1v) is 8.38. The molecule has 0 aromatic heterocycles. The lowest BCUT2D eigenvalue weighted by molar-refractivity contribution is -0.140. The number of hydrogen-bond donors (Lipinski definition) is 0. The van der Waals surface area contributed by atoms with Crippen molar-refractivity contribution in [2.75, 3.05) is 13.6 Å². The summed E-state index contributed by atoms with van der Waals surface area (Å²) >= 11 is 6.26. The van der Waals surface area contributed by atoms with Gasteiger partial charge in [-0.3, -0.25) is 0 Å². The molecule has 0 bridgehead atoms. The SMILES string of the molecule is CCN(C)/C=N\c1cc(C)c(Cc2ccc(C(F)(F)F)c(F)c2)cc1Cl. The van der Waals surface area contributed by atoms with Crippen molar-refractivity contribution in [3.8, 4) is 0 Å². The van der Waals surface area contributed by atoms with Crippen molar-refractivity contribution in [1.82, 2.24) is 4.90 Å². The van der Waals surface area contributed by atoms with Gasteiger partial charge in [-0.05, 0) is 61.2 Å². The number of halogens is 5. The van der Waals surface area contributed by atoms with Crippen LogP contribution in [0.2, 0.25) is 5.02 Å². The van der Waals surface area contributed by atoms with Gasteiger partial charge in [-0.2, -0.15) is 13.2 Å². The Balaban J connectivity index is 2.27. The molecule has 0 amide bonds. The lowest BCUT2D eigenvalue weighted by Crippen LogP contribution is -2.14. The van der Waals surface area contributed by atoms with Gasteiger partial charge in [0.05, 0.1) is 22.6 Å². The average Bonchev–Trinajstić information content (AvgIpc) is 2.55. The molecule has 0 unspecified atom stereocenters. The smallest absolute Gasteiger partial charge is 0.366 e. The zero-order chi connectivity index (χ0) is 19.5. The van der Waals surface area contributed by atoms with E-state index in [1.807, 2.05) is 25.8 Å². The van der Waals surface area contributed by atoms with Crippen LogP contribution in [0.1, 0.15) is 29.2 Å². The molecule has 2 rings (SSSR count). The van der Waals surface area contributed by atoms with Gasteiger partial charge in [0, 0.05) is 13.6 Å². The highest BCUT2D eigenvalue weighted by molar-refractivity contribution is 6.33. The van der Waals surface area contributed by atoms with Crippen molar-refractivity contribution in [3.05, 3.63) is 63.4 Å². The molecular weight excluding hydrogens is 368 g/mol. The molecule has 2 aromatic rings. The summed E-state index contributed by atoms with van der Waals surface area (Å²) in [4.78, 5) is 6.22. The second kappa shape index (κ2) is 8.08. The van der Waals surface area contributed by atoms with E-state index in [-0.39, 0.29) is 6.42 Å². The van der Waals surface area contributed by atoms with Gasteiger partial charge in [-0.25, -0.2) is 9.38 Å². The van der Waals surface area contributed by atoms with E-state index in [9.17, 15) is 17.6 Å². The molecule has 0 saturated heterocycles. The van der Waals surface area contributed by atoms with Gasteiger partial charge in [-0.15, -0.1) is 0 Å². The number of benzene rings is 2. The van der Waals surface area contributed by atoms with E-state index >= 15 is 0 Å². The Bertz CT molecular complexity index is 816. The molecule has 0 atom stereocenters. The Labute approximate surface area is 155 Å². The molecule has 0 aliphatic rings. The van der Waals surface area contributed by atoms with E-state index in [1.165, 1.54) is 6.07 Å². The first-order chi connectivity index (χ1) is 12.1. The molecule has 0 heterocycles. The number of rotatable bonds is 5. The minimum Gasteiger partial charge on any atom is -0.366 e. The molecule has 0 radical (unpaired) electrons. The van der Waals surface area contributed by atoms with E-state index in [4.69, 9.17) is 11.6 Å². The standard InChI is InChI=1S/C19H19ClF4N2/c1-4-26(3)11-25-18-7-12(2)14(10-16(18)20)8-13-5-6-15(17(21)9-13)19(22,23)24/h5-7,9-11H,4,8H2,1-3H3/b25-11-. The molecule has 0 saturated carbocycles. The van der Waals surface area contributed by atoms with Gasteiger partial charge in [-0.1, -0.05) is 17.7 Å². The fraction of sp³-hybridized carbons (Fsp3) is 0.316. The molecular formula is C19H19ClF4N2. The number of nitrogens with zero attached hydrogens (tertiary/aromatic N) is 2. The Morgan fingerprint density at radius 1 is 1.19 bits per heavy atom. The Morgan fingerprint density at radius 2 is 1.88 bits per heavy atom. The monoisotopic (exact) mass is 386 g/mol. The van der Waals surface area contributed by atoms with Crippen LogP contribution in [-0.4, -0.2) is 24.8 Å². The molecule has 0 aliphatic carbocycles. The number of hydrogen-bond acceptors (Lipinski definition) is 1. The van der Waals surface area contributed by atoms with Crippen LogP contribution in [0.3, 0.4) is 0 Å². The minimum atomic E-state index is -4.70. The van der Waals surface area contributed by atoms with Gasteiger partial charge >= 0.3 is 6.18 Å². The molecule has 26 heavy (non-hydrogen) atoms. The molecule has 2 aromatic carbocycles. The van der Waals surface area contributed by atoms with Crippen LogP contribution in [0.4, 0.5) is 23.2 Å². The maximum Gasteiger partial charge on any atom is 0.419 e. The molecule has 2 nitrogen and oxygen atoms in total. The van der Waals surface area contributed by atoms with Gasteiger partial charge in [0.1, 0.15) is 5.82 Å². The molecule has 7 heteroatoms. The van der Waals surface area contributed by atoms with Crippen molar-refractivity contribution in [2.45, 2.75) is 26.4 Å². The topological polar surface area (TPSA) is 15.6 Å². The summed E-state index contributed by atoms with van der Waals surface area (Å²) in [5, 5.41) is 0.429. The van der Waals surface area contributed by atoms with Crippen LogP contribution in [0.25, 0.3) is 0 Å². The highest BCUT2D eigenvalue weighted by Crippen LogP contribution is 2.33. The van der Waals surface area contributed by atoms with Gasteiger partial charge in [0.15, 0.2) is 0 Å². The van der Waals surface area contributed by atoms with Crippen molar-refractivity contribution < 1.29 is 17.6 Å². The summed E-state index contributed by atoms with van der Waals surface area (Å²) < 4.78 is 51.7. The van der Waals surface area contributed by atoms with Crippen LogP contribution in [-0.2, 0) is 12.6 Å². The third kappa shape index (κ3) is 4.97. The lowest BCUT2D eigenvalue weighted by Gasteiger charge is -2.12. The zero-order valence-corrected chi connectivity index (χ0v) is 15.4. The van der Waals surface area contributed by atoms with Crippen molar-refractivity contribution in [1.29, 1.82) is 0 Å². The van der Waals surface area contributed by atoms with Crippen LogP contribution in [0.15, 0.2) is 35.3 Å². The molecule has 0 N–H and O–H groups in total. The Kier molecular flexibility index (Phi) is 6.29. The zero-order valence-electron chi connectivity index (χ0n) is 14.7. The van der Waals surface area contributed by atoms with Crippen molar-refractivity contribution in [2.24, 2.45) is 4.99 Å². The maximum absolute atomic E-state index is 13.7. The van der Waals surface area contributed by atoms with E-state index in [0.29, 0.717) is 16.3 Å². The number of aliphatic imine (C=N–C) groups is 1. The van der Waals surface area contributed by atoms with Crippen molar-refractivity contribution in [3.63, 3.8) is 0 Å². The molecule has 0 fully saturated rings. The molecule has 0 aliphatic heterocycles. The number of alkyl halides is 3. The van der Waals surface area contributed by atoms with Gasteiger partial charge < -0.3 is 4.90 Å². The highest BCUT2D eigenvalue weighted by atomic mass is 35.5. The highest BCUT2D eigenvalue weighted by Gasteiger charge is 2.33. The Morgan fingerprint density at radius 3 is 2.46 bits per heavy atom. The summed E-state index contributed by atoms with van der Waals surface area (Å²) in [6.45, 7) is 4.65. The summed E-state index contributed by atoms with van der Waals surface area (Å²) in [7, 11) is 1.89. The fourth-order valence-electron chi connectivity index (χ4n) is 2.36. The maximum atomic E-state index is 13.7. The van der Waals surface area contributed by atoms with E-state index in [2.05, 4.69) is 4.99 Å². The first-order valence-electron chi connectivity index (χ1n) is 8.01. The lowest BCUT2D eigenvalue weighted by atomic mass is 9.99. The van der Waals surface area contributed by atoms with E-state index < -0.39 is 17.6 Å². The van der Waals surface area contributed by atoms with Gasteiger partial charge in [0.25, 0.3) is 0 Å². The summed E-state index contributed by atoms with van der Waals surface area (Å²) in [5.74, 6) is -1.28. The second-order valence-electron chi connectivity index (χ2n) is 6.04. The van der Waals surface area contributed by atoms with Crippen LogP contribution < -0.4 is 0 Å². The third-order valence-electron chi connectivity index (χ3n) is 4.03. The normalized spacial score (nSPS) is 12.0. The minimum absolute atomic E-state index is 0.277. The second-order valence-corrected chi connectivity index (χ2v) is 6.44. The van der Waals surface area contributed by atoms with Crippen LogP contribution >= 0.6 is 11.6 Å². The Hall–Kier alpha value is -2.08. The summed E-state index contributed by atoms with van der Waals surface area (Å²) in [6, 6.07) is 6.48. The quantitative estimate of drug-likeness (QED) is 0.349. The predicted octanol–water partition coefficient (Wildman–Crippen LogP) is 6.01. The van der Waals surface area contributed by atoms with Crippen LogP contribution in [0.5, 0.6) is 0 Å². The van der Waals surface area contributed by atoms with E-state index in [0.717, 1.165) is 29.8 Å². The fourth-order valence-corrected chi connectivity index (χ4v) is 2.59. The third-order valence-corrected chi connectivity index (χ3v) is 4.33. The first kappa shape index (κ1) is 20.2. The van der Waals surface area contributed by atoms with Gasteiger partial charge in [0.2, 0.25) is 0 Å². The largest absolute Gasteiger partial charge is 0.419 e.